The summed E-state index contributed by atoms with van der Waals surface area (Å²) in [4.78, 5) is 0.199. The second kappa shape index (κ2) is 5.19. The minimum Gasteiger partial charge on any atom is -0.495 e. The predicted molar refractivity (Wildman–Crippen MR) is 80.2 cm³/mol. The molecule has 6 nitrogen and oxygen atoms in total. The highest BCUT2D eigenvalue weighted by Crippen LogP contribution is 2.41. The molecule has 7 heteroatoms. The second-order valence-electron chi connectivity index (χ2n) is 6.40. The van der Waals surface area contributed by atoms with Crippen molar-refractivity contribution in [3.63, 3.8) is 0 Å². The van der Waals surface area contributed by atoms with Crippen molar-refractivity contribution in [3.8, 4) is 5.75 Å². The van der Waals surface area contributed by atoms with Crippen LogP contribution in [0.2, 0.25) is 0 Å². The maximum atomic E-state index is 12.7. The van der Waals surface area contributed by atoms with Crippen LogP contribution < -0.4 is 4.74 Å². The summed E-state index contributed by atoms with van der Waals surface area (Å²) in [5, 5.41) is 0. The van der Waals surface area contributed by atoms with Gasteiger partial charge in [0, 0.05) is 18.5 Å². The van der Waals surface area contributed by atoms with Gasteiger partial charge in [0.25, 0.3) is 0 Å². The van der Waals surface area contributed by atoms with Gasteiger partial charge in [-0.25, -0.2) is 8.42 Å². The lowest BCUT2D eigenvalue weighted by Gasteiger charge is -2.53. The van der Waals surface area contributed by atoms with Crippen LogP contribution in [0.5, 0.6) is 5.75 Å². The topological polar surface area (TPSA) is 65.1 Å². The Labute approximate surface area is 131 Å². The molecule has 0 saturated carbocycles. The van der Waals surface area contributed by atoms with Crippen LogP contribution in [0, 0.1) is 5.41 Å². The molecule has 1 spiro atoms. The van der Waals surface area contributed by atoms with Crippen LogP contribution >= 0.6 is 0 Å². The van der Waals surface area contributed by atoms with E-state index in [2.05, 4.69) is 0 Å². The summed E-state index contributed by atoms with van der Waals surface area (Å²) in [6, 6.07) is 6.66. The summed E-state index contributed by atoms with van der Waals surface area (Å²) >= 11 is 0. The van der Waals surface area contributed by atoms with Gasteiger partial charge >= 0.3 is 0 Å². The van der Waals surface area contributed by atoms with Gasteiger partial charge in [0.15, 0.2) is 5.79 Å². The first-order valence-electron chi connectivity index (χ1n) is 7.19. The number of ether oxygens (including phenoxy) is 3. The molecule has 0 unspecified atom stereocenters. The Balaban J connectivity index is 1.75. The zero-order chi connectivity index (χ0) is 16.0. The van der Waals surface area contributed by atoms with E-state index in [1.807, 2.05) is 13.8 Å². The van der Waals surface area contributed by atoms with E-state index in [-0.39, 0.29) is 10.3 Å². The van der Waals surface area contributed by atoms with Crippen LogP contribution in [0.1, 0.15) is 13.8 Å². The molecule has 2 heterocycles. The number of nitrogens with zero attached hydrogens (tertiary/aromatic N) is 1. The Kier molecular flexibility index (Phi) is 3.71. The van der Waals surface area contributed by atoms with E-state index in [1.165, 1.54) is 11.4 Å². The summed E-state index contributed by atoms with van der Waals surface area (Å²) in [5.41, 5.74) is -0.232. The smallest absolute Gasteiger partial charge is 0.246 e. The summed E-state index contributed by atoms with van der Waals surface area (Å²) < 4.78 is 43.4. The molecule has 0 aromatic heterocycles. The number of methoxy groups -OCH3 is 1. The highest BCUT2D eigenvalue weighted by molar-refractivity contribution is 7.89. The fourth-order valence-electron chi connectivity index (χ4n) is 2.76. The van der Waals surface area contributed by atoms with Crippen LogP contribution in [-0.2, 0) is 19.5 Å². The molecule has 0 atom stereocenters. The highest BCUT2D eigenvalue weighted by Gasteiger charge is 2.52. The highest BCUT2D eigenvalue weighted by atomic mass is 32.2. The van der Waals surface area contributed by atoms with Crippen LogP contribution in [0.4, 0.5) is 0 Å². The Hall–Kier alpha value is -1.15. The first-order chi connectivity index (χ1) is 10.3. The molecule has 2 fully saturated rings. The molecular weight excluding hydrogens is 306 g/mol. The molecule has 0 bridgehead atoms. The van der Waals surface area contributed by atoms with E-state index < -0.39 is 15.8 Å². The van der Waals surface area contributed by atoms with Gasteiger partial charge in [-0.15, -0.1) is 0 Å². The van der Waals surface area contributed by atoms with Crippen LogP contribution in [0.25, 0.3) is 0 Å². The number of benzene rings is 1. The number of hydrogen-bond donors (Lipinski definition) is 0. The summed E-state index contributed by atoms with van der Waals surface area (Å²) in [6.07, 6.45) is 0. The zero-order valence-corrected chi connectivity index (χ0v) is 13.9. The van der Waals surface area contributed by atoms with Gasteiger partial charge in [-0.1, -0.05) is 12.1 Å². The van der Waals surface area contributed by atoms with Gasteiger partial charge in [-0.2, -0.15) is 4.31 Å². The van der Waals surface area contributed by atoms with Crippen LogP contribution in [-0.4, -0.2) is 51.9 Å². The van der Waals surface area contributed by atoms with Crippen molar-refractivity contribution in [3.05, 3.63) is 24.3 Å². The van der Waals surface area contributed by atoms with E-state index in [0.717, 1.165) is 0 Å². The van der Waals surface area contributed by atoms with Crippen LogP contribution in [0.3, 0.4) is 0 Å². The molecule has 0 radical (unpaired) electrons. The van der Waals surface area contributed by atoms with E-state index in [4.69, 9.17) is 14.2 Å². The molecule has 1 aromatic rings. The van der Waals surface area contributed by atoms with Gasteiger partial charge in [-0.3, -0.25) is 0 Å². The van der Waals surface area contributed by atoms with Crippen molar-refractivity contribution in [2.45, 2.75) is 24.5 Å². The molecule has 0 N–H and O–H groups in total. The maximum absolute atomic E-state index is 12.7. The van der Waals surface area contributed by atoms with Gasteiger partial charge in [0.05, 0.1) is 20.3 Å². The average Bonchev–Trinajstić information content (AvgIpc) is 2.45. The molecule has 1 aromatic carbocycles. The Bertz CT molecular complexity index is 652. The Morgan fingerprint density at radius 2 is 1.73 bits per heavy atom. The van der Waals surface area contributed by atoms with E-state index in [9.17, 15) is 8.42 Å². The standard InChI is InChI=1S/C15H21NO5S/c1-14(2)20-10-15(11-21-14)8-16(9-15)22(17,18)13-7-5-4-6-12(13)19-3/h4-7H,8-11H2,1-3H3. The van der Waals surface area contributed by atoms with Crippen molar-refractivity contribution in [1.29, 1.82) is 0 Å². The number of rotatable bonds is 3. The Morgan fingerprint density at radius 3 is 2.32 bits per heavy atom. The number of hydrogen-bond acceptors (Lipinski definition) is 5. The normalized spacial score (nSPS) is 24.0. The van der Waals surface area contributed by atoms with E-state index in [0.29, 0.717) is 32.1 Å². The monoisotopic (exact) mass is 327 g/mol. The average molecular weight is 327 g/mol. The maximum Gasteiger partial charge on any atom is 0.246 e. The summed E-state index contributed by atoms with van der Waals surface area (Å²) in [6.45, 7) is 5.56. The summed E-state index contributed by atoms with van der Waals surface area (Å²) in [7, 11) is -2.08. The van der Waals surface area contributed by atoms with Gasteiger partial charge in [0.2, 0.25) is 10.0 Å². The molecule has 2 aliphatic rings. The second-order valence-corrected chi connectivity index (χ2v) is 8.31. The molecule has 2 aliphatic heterocycles. The molecule has 2 saturated heterocycles. The van der Waals surface area contributed by atoms with Crippen molar-refractivity contribution >= 4 is 10.0 Å². The zero-order valence-electron chi connectivity index (χ0n) is 13.0. The molecule has 122 valence electrons. The lowest BCUT2D eigenvalue weighted by atomic mass is 9.82. The van der Waals surface area contributed by atoms with Crippen molar-refractivity contribution in [2.75, 3.05) is 33.4 Å². The number of para-hydroxylation sites is 1. The minimum atomic E-state index is -3.55. The van der Waals surface area contributed by atoms with Crippen LogP contribution in [0.15, 0.2) is 29.2 Å². The molecule has 0 amide bonds. The van der Waals surface area contributed by atoms with Gasteiger partial charge < -0.3 is 14.2 Å². The predicted octanol–water partition coefficient (Wildman–Crippen LogP) is 1.47. The van der Waals surface area contributed by atoms with Crippen molar-refractivity contribution in [1.82, 2.24) is 4.31 Å². The van der Waals surface area contributed by atoms with Crippen molar-refractivity contribution in [2.24, 2.45) is 5.41 Å². The fraction of sp³-hybridized carbons (Fsp3) is 0.600. The lowest BCUT2D eigenvalue weighted by molar-refractivity contribution is -0.299. The van der Waals surface area contributed by atoms with E-state index in [1.54, 1.807) is 24.3 Å². The van der Waals surface area contributed by atoms with E-state index >= 15 is 0 Å². The molecular formula is C15H21NO5S. The minimum absolute atomic E-state index is 0.199. The third kappa shape index (κ3) is 2.62. The quantitative estimate of drug-likeness (QED) is 0.841. The lowest BCUT2D eigenvalue weighted by Crippen LogP contribution is -2.65. The molecule has 0 aliphatic carbocycles. The largest absolute Gasteiger partial charge is 0.495 e. The first-order valence-corrected chi connectivity index (χ1v) is 8.63. The summed E-state index contributed by atoms with van der Waals surface area (Å²) in [5.74, 6) is -0.228. The molecule has 22 heavy (non-hydrogen) atoms. The molecule has 3 rings (SSSR count). The fourth-order valence-corrected chi connectivity index (χ4v) is 4.58. The van der Waals surface area contributed by atoms with Gasteiger partial charge in [0.1, 0.15) is 10.6 Å². The van der Waals surface area contributed by atoms with Gasteiger partial charge in [-0.05, 0) is 26.0 Å². The van der Waals surface area contributed by atoms with Crippen molar-refractivity contribution < 1.29 is 22.6 Å². The SMILES string of the molecule is COc1ccccc1S(=O)(=O)N1CC2(COC(C)(C)OC2)C1. The Morgan fingerprint density at radius 1 is 1.14 bits per heavy atom. The third-order valence-electron chi connectivity index (χ3n) is 4.16. The third-order valence-corrected chi connectivity index (χ3v) is 5.99. The number of sulfonamides is 1. The first kappa shape index (κ1) is 15.7.